The second-order valence-electron chi connectivity index (χ2n) is 3.67. The molecule has 17 heavy (non-hydrogen) atoms. The Labute approximate surface area is 100 Å². The Bertz CT molecular complexity index is 333. The second kappa shape index (κ2) is 9.54. The predicted molar refractivity (Wildman–Crippen MR) is 62.4 cm³/mol. The molecule has 6 heteroatoms. The van der Waals surface area contributed by atoms with Crippen molar-refractivity contribution in [1.82, 2.24) is 0 Å². The van der Waals surface area contributed by atoms with Crippen LogP contribution in [0.2, 0.25) is 0 Å². The van der Waals surface area contributed by atoms with Gasteiger partial charge in [-0.15, -0.1) is 0 Å². The van der Waals surface area contributed by atoms with Gasteiger partial charge in [-0.3, -0.25) is 14.4 Å². The molecule has 0 rings (SSSR count). The first-order chi connectivity index (χ1) is 8.10. The number of azide groups is 1. The highest BCUT2D eigenvalue weighted by Gasteiger charge is 2.08. The van der Waals surface area contributed by atoms with Gasteiger partial charge in [-0.25, -0.2) is 0 Å². The van der Waals surface area contributed by atoms with E-state index < -0.39 is 0 Å². The summed E-state index contributed by atoms with van der Waals surface area (Å²) in [6, 6.07) is 0. The van der Waals surface area contributed by atoms with Gasteiger partial charge in [-0.2, -0.15) is 0 Å². The maximum atomic E-state index is 11.3. The summed E-state index contributed by atoms with van der Waals surface area (Å²) in [6.45, 7) is 1.89. The Morgan fingerprint density at radius 2 is 1.41 bits per heavy atom. The number of carbonyl (C=O) groups excluding carboxylic acids is 3. The number of ketones is 3. The van der Waals surface area contributed by atoms with Gasteiger partial charge in [0, 0.05) is 50.0 Å². The van der Waals surface area contributed by atoms with Crippen molar-refractivity contribution in [2.75, 3.05) is 6.54 Å². The van der Waals surface area contributed by atoms with E-state index in [0.29, 0.717) is 6.42 Å². The van der Waals surface area contributed by atoms with Gasteiger partial charge in [0.2, 0.25) is 0 Å². The molecule has 0 amide bonds. The van der Waals surface area contributed by atoms with Crippen molar-refractivity contribution in [3.05, 3.63) is 10.4 Å². The smallest absolute Gasteiger partial charge is 0.133 e. The van der Waals surface area contributed by atoms with Gasteiger partial charge in [-0.1, -0.05) is 12.0 Å². The van der Waals surface area contributed by atoms with Crippen LogP contribution in [0.1, 0.15) is 45.4 Å². The first-order valence-corrected chi connectivity index (χ1v) is 5.66. The van der Waals surface area contributed by atoms with E-state index in [-0.39, 0.29) is 56.0 Å². The minimum atomic E-state index is -0.0902. The van der Waals surface area contributed by atoms with Gasteiger partial charge < -0.3 is 0 Å². The summed E-state index contributed by atoms with van der Waals surface area (Å²) in [6.07, 6.45) is 1.44. The van der Waals surface area contributed by atoms with E-state index in [0.717, 1.165) is 0 Å². The number of rotatable bonds is 10. The molecule has 0 spiro atoms. The Hall–Kier alpha value is -1.68. The van der Waals surface area contributed by atoms with Crippen molar-refractivity contribution in [3.63, 3.8) is 0 Å². The lowest BCUT2D eigenvalue weighted by Gasteiger charge is -1.99. The topological polar surface area (TPSA) is 100.0 Å². The molecule has 0 aromatic rings. The lowest BCUT2D eigenvalue weighted by Crippen LogP contribution is -2.07. The molecule has 0 aliphatic rings. The third kappa shape index (κ3) is 9.26. The Kier molecular flexibility index (Phi) is 8.60. The molecule has 0 saturated carbocycles. The predicted octanol–water partition coefficient (Wildman–Crippen LogP) is 2.36. The van der Waals surface area contributed by atoms with E-state index in [1.165, 1.54) is 0 Å². The van der Waals surface area contributed by atoms with Crippen LogP contribution >= 0.6 is 0 Å². The number of carbonyl (C=O) groups is 3. The molecule has 0 N–H and O–H groups in total. The summed E-state index contributed by atoms with van der Waals surface area (Å²) < 4.78 is 0. The molecule has 0 aliphatic carbocycles. The zero-order valence-corrected chi connectivity index (χ0v) is 10.0. The van der Waals surface area contributed by atoms with Gasteiger partial charge in [0.25, 0.3) is 0 Å². The number of hydrogen-bond acceptors (Lipinski definition) is 4. The molecule has 0 radical (unpaired) electrons. The van der Waals surface area contributed by atoms with E-state index in [9.17, 15) is 14.4 Å². The van der Waals surface area contributed by atoms with Gasteiger partial charge in [0.1, 0.15) is 17.3 Å². The Morgan fingerprint density at radius 1 is 0.941 bits per heavy atom. The lowest BCUT2D eigenvalue weighted by atomic mass is 10.0. The fourth-order valence-electron chi connectivity index (χ4n) is 1.20. The molecule has 0 aromatic heterocycles. The van der Waals surface area contributed by atoms with Crippen molar-refractivity contribution in [2.24, 2.45) is 5.11 Å². The van der Waals surface area contributed by atoms with E-state index in [1.54, 1.807) is 6.92 Å². The highest BCUT2D eigenvalue weighted by atomic mass is 16.1. The molecule has 0 atom stereocenters. The molecule has 0 unspecified atom stereocenters. The first kappa shape index (κ1) is 15.3. The maximum Gasteiger partial charge on any atom is 0.133 e. The largest absolute Gasteiger partial charge is 0.300 e. The summed E-state index contributed by atoms with van der Waals surface area (Å²) in [5.41, 5.74) is 8.00. The Morgan fingerprint density at radius 3 is 1.88 bits per heavy atom. The normalized spacial score (nSPS) is 9.47. The molecule has 94 valence electrons. The zero-order valence-electron chi connectivity index (χ0n) is 10.0. The molecular formula is C11H17N3O3. The molecule has 0 heterocycles. The molecule has 0 bridgehead atoms. The zero-order chi connectivity index (χ0) is 13.1. The summed E-state index contributed by atoms with van der Waals surface area (Å²) in [4.78, 5) is 36.0. The minimum absolute atomic E-state index is 0.0630. The summed E-state index contributed by atoms with van der Waals surface area (Å²) in [7, 11) is 0. The van der Waals surface area contributed by atoms with Crippen LogP contribution in [0.3, 0.4) is 0 Å². The standard InChI is InChI=1S/C11H17N3O3/c1-2-9(15)3-4-10(16)5-6-11(17)7-8-13-14-12/h2-8H2,1H3. The highest BCUT2D eigenvalue weighted by molar-refractivity contribution is 5.89. The van der Waals surface area contributed by atoms with Crippen molar-refractivity contribution in [2.45, 2.75) is 45.4 Å². The Balaban J connectivity index is 3.65. The summed E-state index contributed by atoms with van der Waals surface area (Å²) in [5.74, 6) is -0.0930. The third-order valence-corrected chi connectivity index (χ3v) is 2.31. The fraction of sp³-hybridized carbons (Fsp3) is 0.727. The first-order valence-electron chi connectivity index (χ1n) is 5.66. The van der Waals surface area contributed by atoms with Crippen molar-refractivity contribution >= 4 is 17.3 Å². The molecule has 0 saturated heterocycles. The molecule has 6 nitrogen and oxygen atoms in total. The average molecular weight is 239 g/mol. The second-order valence-corrected chi connectivity index (χ2v) is 3.67. The monoisotopic (exact) mass is 239 g/mol. The van der Waals surface area contributed by atoms with Gasteiger partial charge in [0.15, 0.2) is 0 Å². The number of nitrogens with zero attached hydrogens (tertiary/aromatic N) is 3. The van der Waals surface area contributed by atoms with Gasteiger partial charge >= 0.3 is 0 Å². The summed E-state index contributed by atoms with van der Waals surface area (Å²) >= 11 is 0. The van der Waals surface area contributed by atoms with E-state index in [2.05, 4.69) is 10.0 Å². The third-order valence-electron chi connectivity index (χ3n) is 2.31. The van der Waals surface area contributed by atoms with Crippen LogP contribution in [0, 0.1) is 0 Å². The molecule has 0 aliphatic heterocycles. The molecule has 0 fully saturated rings. The lowest BCUT2D eigenvalue weighted by molar-refractivity contribution is -0.125. The van der Waals surface area contributed by atoms with E-state index >= 15 is 0 Å². The van der Waals surface area contributed by atoms with Crippen molar-refractivity contribution < 1.29 is 14.4 Å². The quantitative estimate of drug-likeness (QED) is 0.332. The van der Waals surface area contributed by atoms with Crippen LogP contribution in [-0.4, -0.2) is 23.9 Å². The van der Waals surface area contributed by atoms with Crippen LogP contribution in [0.4, 0.5) is 0 Å². The highest BCUT2D eigenvalue weighted by Crippen LogP contribution is 2.03. The van der Waals surface area contributed by atoms with Crippen LogP contribution in [0.5, 0.6) is 0 Å². The van der Waals surface area contributed by atoms with Crippen molar-refractivity contribution in [1.29, 1.82) is 0 Å². The van der Waals surface area contributed by atoms with Crippen LogP contribution in [0.25, 0.3) is 10.4 Å². The maximum absolute atomic E-state index is 11.3. The summed E-state index contributed by atoms with van der Waals surface area (Å²) in [5, 5.41) is 3.24. The average Bonchev–Trinajstić information content (AvgIpc) is 2.33. The van der Waals surface area contributed by atoms with E-state index in [1.807, 2.05) is 0 Å². The number of hydrogen-bond donors (Lipinski definition) is 0. The SMILES string of the molecule is CCC(=O)CCC(=O)CCC(=O)CCN=[N+]=[N-]. The molecular weight excluding hydrogens is 222 g/mol. The van der Waals surface area contributed by atoms with Crippen molar-refractivity contribution in [3.8, 4) is 0 Å². The minimum Gasteiger partial charge on any atom is -0.300 e. The fourth-order valence-corrected chi connectivity index (χ4v) is 1.20. The molecule has 0 aromatic carbocycles. The van der Waals surface area contributed by atoms with Gasteiger partial charge in [-0.05, 0) is 5.53 Å². The van der Waals surface area contributed by atoms with Crippen LogP contribution in [0.15, 0.2) is 5.11 Å². The number of Topliss-reactive ketones (excluding diaryl/α,β-unsaturated/α-hetero) is 3. The van der Waals surface area contributed by atoms with Crippen LogP contribution in [-0.2, 0) is 14.4 Å². The van der Waals surface area contributed by atoms with Crippen LogP contribution < -0.4 is 0 Å². The van der Waals surface area contributed by atoms with Gasteiger partial charge in [0.05, 0.1) is 0 Å². The van der Waals surface area contributed by atoms with E-state index in [4.69, 9.17) is 5.53 Å².